The molecule has 2 aromatic rings. The zero-order chi connectivity index (χ0) is 15.9. The number of ether oxygens (including phenoxy) is 2. The Hall–Kier alpha value is -2.56. The maximum atomic E-state index is 12.8. The van der Waals surface area contributed by atoms with Crippen LogP contribution in [-0.2, 0) is 11.2 Å². The molecule has 0 bridgehead atoms. The Bertz CT molecular complexity index is 738. The van der Waals surface area contributed by atoms with Gasteiger partial charge in [0, 0.05) is 5.69 Å². The fourth-order valence-corrected chi connectivity index (χ4v) is 2.91. The summed E-state index contributed by atoms with van der Waals surface area (Å²) in [6.07, 6.45) is 3.92. The second kappa shape index (κ2) is 5.26. The van der Waals surface area contributed by atoms with Gasteiger partial charge in [-0.15, -0.1) is 0 Å². The largest absolute Gasteiger partial charge is 0.495 e. The lowest BCUT2D eigenvalue weighted by Gasteiger charge is -2.35. The van der Waals surface area contributed by atoms with E-state index in [-0.39, 0.29) is 17.9 Å². The van der Waals surface area contributed by atoms with Gasteiger partial charge in [0.2, 0.25) is 5.91 Å². The van der Waals surface area contributed by atoms with Crippen LogP contribution in [0.15, 0.2) is 42.6 Å². The molecule has 23 heavy (non-hydrogen) atoms. The zero-order valence-electron chi connectivity index (χ0n) is 13.0. The number of methoxy groups -OCH3 is 1. The van der Waals surface area contributed by atoms with Gasteiger partial charge in [-0.1, -0.05) is 12.1 Å². The molecule has 1 aromatic heterocycles. The zero-order valence-corrected chi connectivity index (χ0v) is 13.0. The van der Waals surface area contributed by atoms with Gasteiger partial charge in [-0.25, -0.2) is 0 Å². The number of amides is 1. The molecule has 0 atom stereocenters. The number of anilines is 1. The number of hydrogen-bond acceptors (Lipinski definition) is 4. The number of pyridine rings is 1. The highest BCUT2D eigenvalue weighted by Gasteiger charge is 2.51. The molecule has 1 fully saturated rings. The van der Waals surface area contributed by atoms with Gasteiger partial charge < -0.3 is 14.4 Å². The Balaban J connectivity index is 1.57. The molecule has 118 valence electrons. The van der Waals surface area contributed by atoms with Crippen molar-refractivity contribution in [2.45, 2.75) is 24.9 Å². The average molecular weight is 310 g/mol. The molecule has 2 aliphatic rings. The fourth-order valence-electron chi connectivity index (χ4n) is 2.91. The quantitative estimate of drug-likeness (QED) is 0.874. The molecular weight excluding hydrogens is 292 g/mol. The van der Waals surface area contributed by atoms with Crippen LogP contribution >= 0.6 is 0 Å². The lowest BCUT2D eigenvalue weighted by molar-refractivity contribution is -0.118. The van der Waals surface area contributed by atoms with Crippen LogP contribution in [-0.4, -0.2) is 30.1 Å². The van der Waals surface area contributed by atoms with Crippen LogP contribution in [0.5, 0.6) is 11.5 Å². The number of benzene rings is 1. The Morgan fingerprint density at radius 3 is 2.83 bits per heavy atom. The van der Waals surface area contributed by atoms with Crippen LogP contribution in [0.3, 0.4) is 0 Å². The highest BCUT2D eigenvalue weighted by Crippen LogP contribution is 2.48. The highest BCUT2D eigenvalue weighted by molar-refractivity contribution is 5.96. The van der Waals surface area contributed by atoms with Gasteiger partial charge in [-0.3, -0.25) is 9.78 Å². The van der Waals surface area contributed by atoms with Gasteiger partial charge in [-0.2, -0.15) is 0 Å². The molecule has 5 heteroatoms. The molecule has 1 aromatic carbocycles. The van der Waals surface area contributed by atoms with Crippen molar-refractivity contribution >= 4 is 11.6 Å². The Morgan fingerprint density at radius 1 is 1.30 bits per heavy atom. The summed E-state index contributed by atoms with van der Waals surface area (Å²) < 4.78 is 11.2. The molecule has 1 aliphatic heterocycles. The molecular formula is C18H18N2O3. The topological polar surface area (TPSA) is 51.7 Å². The van der Waals surface area contributed by atoms with E-state index in [0.717, 1.165) is 30.0 Å². The summed E-state index contributed by atoms with van der Waals surface area (Å²) in [6.45, 7) is 0.624. The number of nitrogens with zero attached hydrogens (tertiary/aromatic N) is 2. The SMILES string of the molecule is COc1ccc(CC(=O)N2CC3(CC3)Oc3ccccc32)nc1. The van der Waals surface area contributed by atoms with Gasteiger partial charge in [0.1, 0.15) is 17.1 Å². The lowest BCUT2D eigenvalue weighted by atomic mass is 10.1. The maximum Gasteiger partial charge on any atom is 0.233 e. The van der Waals surface area contributed by atoms with Crippen LogP contribution in [0, 0.1) is 0 Å². The normalized spacial score (nSPS) is 17.3. The van der Waals surface area contributed by atoms with Crippen molar-refractivity contribution in [1.82, 2.24) is 4.98 Å². The van der Waals surface area contributed by atoms with Crippen LogP contribution in [0.25, 0.3) is 0 Å². The monoisotopic (exact) mass is 310 g/mol. The number of fused-ring (bicyclic) bond motifs is 1. The molecule has 0 unspecified atom stereocenters. The minimum atomic E-state index is -0.169. The first-order chi connectivity index (χ1) is 11.2. The van der Waals surface area contributed by atoms with Crippen LogP contribution in [0.4, 0.5) is 5.69 Å². The van der Waals surface area contributed by atoms with Gasteiger partial charge in [0.05, 0.1) is 32.0 Å². The van der Waals surface area contributed by atoms with E-state index >= 15 is 0 Å². The number of aromatic nitrogens is 1. The molecule has 1 aliphatic carbocycles. The second-order valence-electron chi connectivity index (χ2n) is 6.10. The number of rotatable bonds is 3. The van der Waals surface area contributed by atoms with Crippen LogP contribution in [0.2, 0.25) is 0 Å². The van der Waals surface area contributed by atoms with Crippen molar-refractivity contribution in [3.05, 3.63) is 48.3 Å². The molecule has 0 saturated heterocycles. The Kier molecular flexibility index (Phi) is 3.22. The van der Waals surface area contributed by atoms with E-state index in [0.29, 0.717) is 12.3 Å². The number of carbonyl (C=O) groups is 1. The summed E-state index contributed by atoms with van der Waals surface area (Å²) in [6, 6.07) is 11.4. The van der Waals surface area contributed by atoms with E-state index in [2.05, 4.69) is 4.98 Å². The Morgan fingerprint density at radius 2 is 2.13 bits per heavy atom. The van der Waals surface area contributed by atoms with Gasteiger partial charge in [-0.05, 0) is 37.1 Å². The van der Waals surface area contributed by atoms with E-state index in [1.54, 1.807) is 13.3 Å². The summed E-state index contributed by atoms with van der Waals surface area (Å²) in [5, 5.41) is 0. The molecule has 1 saturated carbocycles. The molecule has 4 rings (SSSR count). The van der Waals surface area contributed by atoms with Crippen LogP contribution < -0.4 is 14.4 Å². The fraction of sp³-hybridized carbons (Fsp3) is 0.333. The van der Waals surface area contributed by atoms with Crippen molar-refractivity contribution in [2.24, 2.45) is 0 Å². The number of carbonyl (C=O) groups excluding carboxylic acids is 1. The Labute approximate surface area is 134 Å². The third-order valence-electron chi connectivity index (χ3n) is 4.40. The first-order valence-corrected chi connectivity index (χ1v) is 7.76. The van der Waals surface area contributed by atoms with Crippen LogP contribution in [0.1, 0.15) is 18.5 Å². The minimum absolute atomic E-state index is 0.0460. The summed E-state index contributed by atoms with van der Waals surface area (Å²) >= 11 is 0. The molecule has 2 heterocycles. The van der Waals surface area contributed by atoms with Gasteiger partial charge in [0.15, 0.2) is 0 Å². The maximum absolute atomic E-state index is 12.8. The smallest absolute Gasteiger partial charge is 0.233 e. The average Bonchev–Trinajstić information content (AvgIpc) is 3.33. The first-order valence-electron chi connectivity index (χ1n) is 7.76. The van der Waals surface area contributed by atoms with E-state index in [4.69, 9.17) is 9.47 Å². The van der Waals surface area contributed by atoms with Crippen molar-refractivity contribution in [3.8, 4) is 11.5 Å². The molecule has 0 radical (unpaired) electrons. The predicted octanol–water partition coefficient (Wildman–Crippen LogP) is 2.59. The third kappa shape index (κ3) is 2.63. The number of hydrogen-bond donors (Lipinski definition) is 0. The van der Waals surface area contributed by atoms with Crippen molar-refractivity contribution in [1.29, 1.82) is 0 Å². The highest BCUT2D eigenvalue weighted by atomic mass is 16.5. The predicted molar refractivity (Wildman–Crippen MR) is 85.9 cm³/mol. The van der Waals surface area contributed by atoms with Crippen molar-refractivity contribution < 1.29 is 14.3 Å². The van der Waals surface area contributed by atoms with E-state index in [1.165, 1.54) is 0 Å². The summed E-state index contributed by atoms with van der Waals surface area (Å²) in [4.78, 5) is 18.9. The van der Waals surface area contributed by atoms with E-state index in [9.17, 15) is 4.79 Å². The third-order valence-corrected chi connectivity index (χ3v) is 4.40. The second-order valence-corrected chi connectivity index (χ2v) is 6.10. The number of para-hydroxylation sites is 2. The minimum Gasteiger partial charge on any atom is -0.495 e. The van der Waals surface area contributed by atoms with Gasteiger partial charge in [0.25, 0.3) is 0 Å². The standard InChI is InChI=1S/C18H18N2O3/c1-22-14-7-6-13(19-11-14)10-17(21)20-12-18(8-9-18)23-16-5-3-2-4-15(16)20/h2-7,11H,8-10,12H2,1H3. The lowest BCUT2D eigenvalue weighted by Crippen LogP contribution is -2.45. The summed E-state index contributed by atoms with van der Waals surface area (Å²) in [7, 11) is 1.60. The molecule has 1 spiro atoms. The molecule has 5 nitrogen and oxygen atoms in total. The van der Waals surface area contributed by atoms with Crippen molar-refractivity contribution in [2.75, 3.05) is 18.6 Å². The molecule has 0 N–H and O–H groups in total. The first kappa shape index (κ1) is 14.1. The van der Waals surface area contributed by atoms with E-state index < -0.39 is 0 Å². The van der Waals surface area contributed by atoms with E-state index in [1.807, 2.05) is 41.3 Å². The molecule has 1 amide bonds. The van der Waals surface area contributed by atoms with Crippen molar-refractivity contribution in [3.63, 3.8) is 0 Å². The summed E-state index contributed by atoms with van der Waals surface area (Å²) in [5.74, 6) is 1.53. The van der Waals surface area contributed by atoms with Gasteiger partial charge >= 0.3 is 0 Å². The summed E-state index contributed by atoms with van der Waals surface area (Å²) in [5.41, 5.74) is 1.42.